The number of hydrogen-bond donors (Lipinski definition) is 1. The molecule has 0 fully saturated rings. The van der Waals surface area contributed by atoms with Crippen LogP contribution in [0.15, 0.2) is 37.1 Å². The standard InChI is InChI=1S/C18H20N6/c1-11-12(2)21-10-22-17(11)23-13(3)16-9-20-18(24-14(16)4)15-5-7-19-8-6-15/h5-10,13H,1-4H3,(H,21,22,23)/t13-/m1/s1. The number of aromatic nitrogens is 5. The third kappa shape index (κ3) is 3.22. The van der Waals surface area contributed by atoms with Gasteiger partial charge < -0.3 is 5.32 Å². The normalized spacial score (nSPS) is 12.0. The Morgan fingerprint density at radius 1 is 0.958 bits per heavy atom. The maximum Gasteiger partial charge on any atom is 0.159 e. The lowest BCUT2D eigenvalue weighted by molar-refractivity contribution is 0.832. The van der Waals surface area contributed by atoms with Crippen molar-refractivity contribution < 1.29 is 0 Å². The van der Waals surface area contributed by atoms with Crippen LogP contribution in [-0.2, 0) is 0 Å². The summed E-state index contributed by atoms with van der Waals surface area (Å²) in [6, 6.07) is 3.86. The van der Waals surface area contributed by atoms with Crippen LogP contribution in [0.3, 0.4) is 0 Å². The van der Waals surface area contributed by atoms with Crippen molar-refractivity contribution in [2.45, 2.75) is 33.7 Å². The molecule has 0 saturated heterocycles. The third-order valence-corrected chi connectivity index (χ3v) is 4.11. The van der Waals surface area contributed by atoms with Crippen LogP contribution in [0, 0.1) is 20.8 Å². The Balaban J connectivity index is 1.85. The predicted octanol–water partition coefficient (Wildman–Crippen LogP) is 3.43. The van der Waals surface area contributed by atoms with Crippen molar-refractivity contribution in [3.8, 4) is 11.4 Å². The highest BCUT2D eigenvalue weighted by Crippen LogP contribution is 2.24. The summed E-state index contributed by atoms with van der Waals surface area (Å²) < 4.78 is 0. The van der Waals surface area contributed by atoms with Gasteiger partial charge in [-0.1, -0.05) is 0 Å². The Hall–Kier alpha value is -2.89. The van der Waals surface area contributed by atoms with E-state index in [2.05, 4.69) is 37.2 Å². The van der Waals surface area contributed by atoms with Crippen molar-refractivity contribution in [2.24, 2.45) is 0 Å². The van der Waals surface area contributed by atoms with Crippen LogP contribution in [-0.4, -0.2) is 24.9 Å². The average Bonchev–Trinajstić information content (AvgIpc) is 2.59. The number of anilines is 1. The van der Waals surface area contributed by atoms with E-state index >= 15 is 0 Å². The molecule has 24 heavy (non-hydrogen) atoms. The second kappa shape index (κ2) is 6.70. The van der Waals surface area contributed by atoms with Crippen molar-refractivity contribution in [1.82, 2.24) is 24.9 Å². The zero-order chi connectivity index (χ0) is 17.1. The second-order valence-corrected chi connectivity index (χ2v) is 5.77. The fourth-order valence-electron chi connectivity index (χ4n) is 2.51. The van der Waals surface area contributed by atoms with E-state index in [1.54, 1.807) is 18.7 Å². The molecule has 3 aromatic heterocycles. The maximum absolute atomic E-state index is 4.63. The highest BCUT2D eigenvalue weighted by Gasteiger charge is 2.14. The molecule has 6 heteroatoms. The number of aryl methyl sites for hydroxylation is 2. The molecule has 0 aromatic carbocycles. The average molecular weight is 320 g/mol. The molecule has 0 radical (unpaired) electrons. The quantitative estimate of drug-likeness (QED) is 0.793. The Morgan fingerprint density at radius 3 is 2.42 bits per heavy atom. The molecule has 3 rings (SSSR count). The number of hydrogen-bond acceptors (Lipinski definition) is 6. The van der Waals surface area contributed by atoms with Crippen LogP contribution in [0.4, 0.5) is 5.82 Å². The van der Waals surface area contributed by atoms with Gasteiger partial charge in [0.05, 0.1) is 6.04 Å². The van der Waals surface area contributed by atoms with Crippen LogP contribution in [0.1, 0.15) is 35.5 Å². The van der Waals surface area contributed by atoms with Crippen LogP contribution >= 0.6 is 0 Å². The number of nitrogens with zero attached hydrogens (tertiary/aromatic N) is 5. The minimum absolute atomic E-state index is 0.0458. The molecule has 1 atom stereocenters. The van der Waals surface area contributed by atoms with Crippen molar-refractivity contribution in [2.75, 3.05) is 5.32 Å². The van der Waals surface area contributed by atoms with E-state index < -0.39 is 0 Å². The fraction of sp³-hybridized carbons (Fsp3) is 0.278. The Morgan fingerprint density at radius 2 is 1.71 bits per heavy atom. The van der Waals surface area contributed by atoms with Gasteiger partial charge in [-0.05, 0) is 39.8 Å². The summed E-state index contributed by atoms with van der Waals surface area (Å²) in [7, 11) is 0. The van der Waals surface area contributed by atoms with E-state index in [4.69, 9.17) is 0 Å². The predicted molar refractivity (Wildman–Crippen MR) is 93.5 cm³/mol. The van der Waals surface area contributed by atoms with E-state index in [0.29, 0.717) is 5.82 Å². The molecule has 6 nitrogen and oxygen atoms in total. The highest BCUT2D eigenvalue weighted by molar-refractivity contribution is 5.54. The smallest absolute Gasteiger partial charge is 0.159 e. The largest absolute Gasteiger partial charge is 0.363 e. The van der Waals surface area contributed by atoms with Gasteiger partial charge in [-0.25, -0.2) is 19.9 Å². The fourth-order valence-corrected chi connectivity index (χ4v) is 2.51. The summed E-state index contributed by atoms with van der Waals surface area (Å²) in [5.41, 5.74) is 4.98. The van der Waals surface area contributed by atoms with Gasteiger partial charge >= 0.3 is 0 Å². The summed E-state index contributed by atoms with van der Waals surface area (Å²) in [4.78, 5) is 21.7. The first-order valence-electron chi connectivity index (χ1n) is 7.85. The molecule has 0 saturated carbocycles. The zero-order valence-corrected chi connectivity index (χ0v) is 14.3. The summed E-state index contributed by atoms with van der Waals surface area (Å²) in [5.74, 6) is 1.55. The maximum atomic E-state index is 4.63. The molecule has 0 spiro atoms. The SMILES string of the molecule is Cc1nc(-c2ccncc2)ncc1[C@@H](C)Nc1ncnc(C)c1C. The van der Waals surface area contributed by atoms with E-state index in [1.165, 1.54) is 0 Å². The van der Waals surface area contributed by atoms with Crippen LogP contribution in [0.25, 0.3) is 11.4 Å². The molecule has 0 bridgehead atoms. The van der Waals surface area contributed by atoms with Gasteiger partial charge in [0.2, 0.25) is 0 Å². The first-order valence-corrected chi connectivity index (χ1v) is 7.85. The van der Waals surface area contributed by atoms with Gasteiger partial charge in [-0.3, -0.25) is 4.98 Å². The molecule has 3 heterocycles. The van der Waals surface area contributed by atoms with E-state index in [-0.39, 0.29) is 6.04 Å². The highest BCUT2D eigenvalue weighted by atomic mass is 15.0. The van der Waals surface area contributed by atoms with Crippen molar-refractivity contribution in [3.63, 3.8) is 0 Å². The third-order valence-electron chi connectivity index (χ3n) is 4.11. The lowest BCUT2D eigenvalue weighted by atomic mass is 10.1. The molecule has 3 aromatic rings. The minimum Gasteiger partial charge on any atom is -0.363 e. The molecule has 0 aliphatic heterocycles. The monoisotopic (exact) mass is 320 g/mol. The Kier molecular flexibility index (Phi) is 4.46. The van der Waals surface area contributed by atoms with Crippen molar-refractivity contribution in [3.05, 3.63) is 59.6 Å². The zero-order valence-electron chi connectivity index (χ0n) is 14.3. The summed E-state index contributed by atoms with van der Waals surface area (Å²) in [6.45, 7) is 8.07. The molecule has 0 amide bonds. The summed E-state index contributed by atoms with van der Waals surface area (Å²) >= 11 is 0. The van der Waals surface area contributed by atoms with E-state index in [9.17, 15) is 0 Å². The van der Waals surface area contributed by atoms with Gasteiger partial charge in [0.25, 0.3) is 0 Å². The lowest BCUT2D eigenvalue weighted by Crippen LogP contribution is -2.13. The van der Waals surface area contributed by atoms with Crippen molar-refractivity contribution in [1.29, 1.82) is 0 Å². The summed E-state index contributed by atoms with van der Waals surface area (Å²) in [6.07, 6.45) is 6.94. The van der Waals surface area contributed by atoms with Gasteiger partial charge in [-0.15, -0.1) is 0 Å². The van der Waals surface area contributed by atoms with Crippen LogP contribution < -0.4 is 5.32 Å². The molecule has 1 N–H and O–H groups in total. The van der Waals surface area contributed by atoms with Gasteiger partial charge in [0.1, 0.15) is 12.1 Å². The topological polar surface area (TPSA) is 76.5 Å². The number of pyridine rings is 1. The summed E-state index contributed by atoms with van der Waals surface area (Å²) in [5, 5.41) is 3.43. The Bertz CT molecular complexity index is 847. The van der Waals surface area contributed by atoms with E-state index in [1.807, 2.05) is 39.1 Å². The number of rotatable bonds is 4. The molecular formula is C18H20N6. The lowest BCUT2D eigenvalue weighted by Gasteiger charge is -2.18. The first kappa shape index (κ1) is 16.0. The molecule has 122 valence electrons. The molecular weight excluding hydrogens is 300 g/mol. The van der Waals surface area contributed by atoms with Crippen LogP contribution in [0.2, 0.25) is 0 Å². The minimum atomic E-state index is 0.0458. The van der Waals surface area contributed by atoms with Crippen LogP contribution in [0.5, 0.6) is 0 Å². The Labute approximate surface area is 141 Å². The van der Waals surface area contributed by atoms with Gasteiger partial charge in [-0.2, -0.15) is 0 Å². The molecule has 0 aliphatic carbocycles. The van der Waals surface area contributed by atoms with Gasteiger partial charge in [0, 0.05) is 46.7 Å². The first-order chi connectivity index (χ1) is 11.6. The number of nitrogens with one attached hydrogen (secondary N) is 1. The molecule has 0 aliphatic rings. The van der Waals surface area contributed by atoms with Crippen molar-refractivity contribution >= 4 is 5.82 Å². The van der Waals surface area contributed by atoms with E-state index in [0.717, 1.165) is 33.9 Å². The molecule has 0 unspecified atom stereocenters. The van der Waals surface area contributed by atoms with Gasteiger partial charge in [0.15, 0.2) is 5.82 Å². The second-order valence-electron chi connectivity index (χ2n) is 5.77.